The van der Waals surface area contributed by atoms with E-state index in [9.17, 15) is 4.79 Å². The summed E-state index contributed by atoms with van der Waals surface area (Å²) in [6.07, 6.45) is 2.52. The zero-order valence-electron chi connectivity index (χ0n) is 9.54. The predicted octanol–water partition coefficient (Wildman–Crippen LogP) is 2.49. The van der Waals surface area contributed by atoms with E-state index in [1.165, 1.54) is 4.68 Å². The van der Waals surface area contributed by atoms with E-state index in [-0.39, 0.29) is 5.56 Å². The fourth-order valence-corrected chi connectivity index (χ4v) is 1.59. The quantitative estimate of drug-likeness (QED) is 0.751. The Morgan fingerprint density at radius 2 is 1.94 bits per heavy atom. The number of rotatable bonds is 4. The van der Waals surface area contributed by atoms with Crippen LogP contribution in [-0.4, -0.2) is 9.78 Å². The normalized spacial score (nSPS) is 10.1. The fraction of sp³-hybridized carbons (Fsp3) is 0.143. The number of benzene rings is 1. The van der Waals surface area contributed by atoms with Gasteiger partial charge < -0.3 is 0 Å². The third kappa shape index (κ3) is 2.69. The van der Waals surface area contributed by atoms with Crippen LogP contribution in [0.25, 0.3) is 11.3 Å². The third-order valence-electron chi connectivity index (χ3n) is 2.48. The van der Waals surface area contributed by atoms with Gasteiger partial charge in [-0.2, -0.15) is 5.10 Å². The van der Waals surface area contributed by atoms with Gasteiger partial charge in [-0.15, -0.1) is 6.58 Å². The number of aryl methyl sites for hydroxylation is 1. The van der Waals surface area contributed by atoms with Crippen molar-refractivity contribution < 1.29 is 0 Å². The van der Waals surface area contributed by atoms with E-state index >= 15 is 0 Å². The van der Waals surface area contributed by atoms with Crippen molar-refractivity contribution in [1.82, 2.24) is 9.78 Å². The number of hydrogen-bond acceptors (Lipinski definition) is 2. The lowest BCUT2D eigenvalue weighted by Crippen LogP contribution is -2.22. The molecule has 2 rings (SSSR count). The summed E-state index contributed by atoms with van der Waals surface area (Å²) in [5, 5.41) is 4.34. The SMILES string of the molecule is C=CCCn1nc(-c2ccccc2)ccc1=O. The van der Waals surface area contributed by atoms with Crippen LogP contribution in [0.1, 0.15) is 6.42 Å². The lowest BCUT2D eigenvalue weighted by Gasteiger charge is -2.05. The second-order valence-electron chi connectivity index (χ2n) is 3.72. The van der Waals surface area contributed by atoms with Crippen molar-refractivity contribution in [3.8, 4) is 11.3 Å². The van der Waals surface area contributed by atoms with Gasteiger partial charge in [-0.25, -0.2) is 4.68 Å². The van der Waals surface area contributed by atoms with Gasteiger partial charge in [0.2, 0.25) is 0 Å². The Kier molecular flexibility index (Phi) is 3.50. The Hall–Kier alpha value is -2.16. The Bertz CT molecular complexity index is 558. The third-order valence-corrected chi connectivity index (χ3v) is 2.48. The summed E-state index contributed by atoms with van der Waals surface area (Å²) in [5.74, 6) is 0. The molecule has 0 unspecified atom stereocenters. The van der Waals surface area contributed by atoms with Crippen molar-refractivity contribution in [1.29, 1.82) is 0 Å². The standard InChI is InChI=1S/C14H14N2O/c1-2-3-11-16-14(17)10-9-13(15-16)12-7-5-4-6-8-12/h2,4-10H,1,3,11H2. The van der Waals surface area contributed by atoms with Crippen LogP contribution in [0.3, 0.4) is 0 Å². The number of nitrogens with zero attached hydrogens (tertiary/aromatic N) is 2. The maximum atomic E-state index is 11.6. The second-order valence-corrected chi connectivity index (χ2v) is 3.72. The highest BCUT2D eigenvalue weighted by molar-refractivity contribution is 5.57. The van der Waals surface area contributed by atoms with Crippen molar-refractivity contribution in [3.05, 3.63) is 65.5 Å². The Morgan fingerprint density at radius 1 is 1.18 bits per heavy atom. The molecule has 0 spiro atoms. The fourth-order valence-electron chi connectivity index (χ4n) is 1.59. The topological polar surface area (TPSA) is 34.9 Å². The maximum Gasteiger partial charge on any atom is 0.266 e. The Morgan fingerprint density at radius 3 is 2.65 bits per heavy atom. The first-order chi connectivity index (χ1) is 8.31. The maximum absolute atomic E-state index is 11.6. The van der Waals surface area contributed by atoms with E-state index < -0.39 is 0 Å². The molecule has 0 aliphatic rings. The monoisotopic (exact) mass is 226 g/mol. The average Bonchev–Trinajstić information content (AvgIpc) is 2.39. The number of hydrogen-bond donors (Lipinski definition) is 0. The summed E-state index contributed by atoms with van der Waals surface area (Å²) in [7, 11) is 0. The molecular weight excluding hydrogens is 212 g/mol. The highest BCUT2D eigenvalue weighted by Crippen LogP contribution is 2.13. The molecule has 0 atom stereocenters. The molecule has 3 heteroatoms. The summed E-state index contributed by atoms with van der Waals surface area (Å²) in [5.41, 5.74) is 1.75. The summed E-state index contributed by atoms with van der Waals surface area (Å²) in [4.78, 5) is 11.6. The van der Waals surface area contributed by atoms with Gasteiger partial charge in [0.25, 0.3) is 5.56 Å². The van der Waals surface area contributed by atoms with Crippen molar-refractivity contribution in [2.24, 2.45) is 0 Å². The van der Waals surface area contributed by atoms with Gasteiger partial charge in [-0.3, -0.25) is 4.79 Å². The van der Waals surface area contributed by atoms with Crippen molar-refractivity contribution in [2.45, 2.75) is 13.0 Å². The lowest BCUT2D eigenvalue weighted by atomic mass is 10.1. The molecule has 0 radical (unpaired) electrons. The molecule has 2 aromatic rings. The Labute approximate surface area is 100 Å². The van der Waals surface area contributed by atoms with E-state index in [1.54, 1.807) is 18.2 Å². The van der Waals surface area contributed by atoms with Crippen LogP contribution >= 0.6 is 0 Å². The highest BCUT2D eigenvalue weighted by Gasteiger charge is 2.01. The van der Waals surface area contributed by atoms with Gasteiger partial charge in [0.1, 0.15) is 0 Å². The van der Waals surface area contributed by atoms with E-state index in [4.69, 9.17) is 0 Å². The zero-order chi connectivity index (χ0) is 12.1. The van der Waals surface area contributed by atoms with Crippen molar-refractivity contribution >= 4 is 0 Å². The first kappa shape index (κ1) is 11.3. The van der Waals surface area contributed by atoms with Crippen molar-refractivity contribution in [2.75, 3.05) is 0 Å². The molecule has 0 amide bonds. The molecule has 3 nitrogen and oxygen atoms in total. The molecular formula is C14H14N2O. The van der Waals surface area contributed by atoms with Gasteiger partial charge in [-0.05, 0) is 12.5 Å². The molecule has 0 fully saturated rings. The first-order valence-corrected chi connectivity index (χ1v) is 5.56. The molecule has 0 aliphatic heterocycles. The minimum Gasteiger partial charge on any atom is -0.268 e. The van der Waals surface area contributed by atoms with Crippen LogP contribution < -0.4 is 5.56 Å². The molecule has 0 aliphatic carbocycles. The molecule has 0 saturated heterocycles. The van der Waals surface area contributed by atoms with E-state index in [2.05, 4.69) is 11.7 Å². The van der Waals surface area contributed by atoms with Gasteiger partial charge >= 0.3 is 0 Å². The summed E-state index contributed by atoms with van der Waals surface area (Å²) >= 11 is 0. The number of allylic oxidation sites excluding steroid dienone is 1. The predicted molar refractivity (Wildman–Crippen MR) is 68.7 cm³/mol. The second kappa shape index (κ2) is 5.25. The smallest absolute Gasteiger partial charge is 0.266 e. The van der Waals surface area contributed by atoms with Crippen LogP contribution in [0.4, 0.5) is 0 Å². The molecule has 0 N–H and O–H groups in total. The van der Waals surface area contributed by atoms with E-state index in [1.807, 2.05) is 30.3 Å². The van der Waals surface area contributed by atoms with Gasteiger partial charge in [0.05, 0.1) is 5.69 Å². The van der Waals surface area contributed by atoms with Crippen LogP contribution in [-0.2, 0) is 6.54 Å². The molecule has 0 bridgehead atoms. The van der Waals surface area contributed by atoms with E-state index in [0.717, 1.165) is 17.7 Å². The van der Waals surface area contributed by atoms with Gasteiger partial charge in [-0.1, -0.05) is 36.4 Å². The van der Waals surface area contributed by atoms with Crippen LogP contribution in [0.5, 0.6) is 0 Å². The molecule has 1 aromatic heterocycles. The van der Waals surface area contributed by atoms with Crippen LogP contribution in [0, 0.1) is 0 Å². The summed E-state index contributed by atoms with van der Waals surface area (Å²) in [6, 6.07) is 13.1. The molecule has 1 aromatic carbocycles. The first-order valence-electron chi connectivity index (χ1n) is 5.56. The average molecular weight is 226 g/mol. The largest absolute Gasteiger partial charge is 0.268 e. The summed E-state index contributed by atoms with van der Waals surface area (Å²) in [6.45, 7) is 4.22. The Balaban J connectivity index is 2.37. The molecule has 0 saturated carbocycles. The van der Waals surface area contributed by atoms with Gasteiger partial charge in [0.15, 0.2) is 0 Å². The molecule has 1 heterocycles. The minimum absolute atomic E-state index is 0.0773. The lowest BCUT2D eigenvalue weighted by molar-refractivity contribution is 0.588. The van der Waals surface area contributed by atoms with Crippen molar-refractivity contribution in [3.63, 3.8) is 0 Å². The summed E-state index contributed by atoms with van der Waals surface area (Å²) < 4.78 is 1.48. The van der Waals surface area contributed by atoms with E-state index in [0.29, 0.717) is 6.54 Å². The highest BCUT2D eigenvalue weighted by atomic mass is 16.1. The van der Waals surface area contributed by atoms with Gasteiger partial charge in [0, 0.05) is 18.2 Å². The zero-order valence-corrected chi connectivity index (χ0v) is 9.54. The molecule has 17 heavy (non-hydrogen) atoms. The number of aromatic nitrogens is 2. The minimum atomic E-state index is -0.0773. The van der Waals surface area contributed by atoms with Crippen LogP contribution in [0.15, 0.2) is 59.9 Å². The molecule has 86 valence electrons. The van der Waals surface area contributed by atoms with Crippen LogP contribution in [0.2, 0.25) is 0 Å².